The van der Waals surface area contributed by atoms with Crippen molar-refractivity contribution >= 4 is 11.3 Å². The van der Waals surface area contributed by atoms with Gasteiger partial charge in [0.15, 0.2) is 0 Å². The molecule has 0 spiro atoms. The lowest BCUT2D eigenvalue weighted by Crippen LogP contribution is -2.27. The van der Waals surface area contributed by atoms with Crippen LogP contribution in [0.3, 0.4) is 0 Å². The second-order valence-corrected chi connectivity index (χ2v) is 7.83. The number of thiazole rings is 1. The zero-order chi connectivity index (χ0) is 15.7. The van der Waals surface area contributed by atoms with Crippen LogP contribution in [0.2, 0.25) is 0 Å². The third-order valence-electron chi connectivity index (χ3n) is 4.05. The van der Waals surface area contributed by atoms with Crippen molar-refractivity contribution in [3.8, 4) is 0 Å². The van der Waals surface area contributed by atoms with Crippen LogP contribution >= 0.6 is 11.3 Å². The van der Waals surface area contributed by atoms with Gasteiger partial charge < -0.3 is 10.3 Å². The minimum Gasteiger partial charge on any atom is -0.326 e. The SMILES string of the molecule is CC(C)(C)c1nc(CN[C@@H]2CCCc3[nH]c(=O)ccc32)cs1. The fraction of sp³-hybridized carbons (Fsp3) is 0.529. The number of hydrogen-bond acceptors (Lipinski definition) is 4. The molecule has 2 aromatic heterocycles. The summed E-state index contributed by atoms with van der Waals surface area (Å²) in [4.78, 5) is 19.1. The Labute approximate surface area is 135 Å². The predicted molar refractivity (Wildman–Crippen MR) is 90.4 cm³/mol. The average Bonchev–Trinajstić information content (AvgIpc) is 2.93. The van der Waals surface area contributed by atoms with Crippen molar-refractivity contribution in [2.45, 2.75) is 58.0 Å². The molecular weight excluding hydrogens is 294 g/mol. The number of pyridine rings is 1. The normalized spacial score (nSPS) is 18.2. The van der Waals surface area contributed by atoms with E-state index in [1.165, 1.54) is 10.6 Å². The summed E-state index contributed by atoms with van der Waals surface area (Å²) < 4.78 is 0. The fourth-order valence-electron chi connectivity index (χ4n) is 2.87. The first-order valence-corrected chi connectivity index (χ1v) is 8.72. The Hall–Kier alpha value is -1.46. The lowest BCUT2D eigenvalue weighted by Gasteiger charge is -2.25. The van der Waals surface area contributed by atoms with Crippen molar-refractivity contribution < 1.29 is 0 Å². The third-order valence-corrected chi connectivity index (χ3v) is 5.37. The van der Waals surface area contributed by atoms with Crippen LogP contribution in [0.4, 0.5) is 0 Å². The Morgan fingerprint density at radius 3 is 2.95 bits per heavy atom. The minimum absolute atomic E-state index is 0.00581. The second kappa shape index (κ2) is 5.97. The van der Waals surface area contributed by atoms with E-state index in [1.807, 2.05) is 6.07 Å². The van der Waals surface area contributed by atoms with Gasteiger partial charge in [0.1, 0.15) is 0 Å². The molecule has 118 valence electrons. The van der Waals surface area contributed by atoms with Gasteiger partial charge in [0.05, 0.1) is 10.7 Å². The van der Waals surface area contributed by atoms with Crippen molar-refractivity contribution in [1.29, 1.82) is 0 Å². The standard InChI is InChI=1S/C17H23N3OS/c1-17(2,3)16-19-11(10-22-16)9-18-13-5-4-6-14-12(13)7-8-15(21)20-14/h7-8,10,13,18H,4-6,9H2,1-3H3,(H,20,21)/t13-/m1/s1. The molecule has 0 radical (unpaired) electrons. The van der Waals surface area contributed by atoms with E-state index in [0.29, 0.717) is 6.04 Å². The van der Waals surface area contributed by atoms with Crippen LogP contribution in [0.5, 0.6) is 0 Å². The highest BCUT2D eigenvalue weighted by atomic mass is 32.1. The lowest BCUT2D eigenvalue weighted by atomic mass is 9.91. The molecule has 4 nitrogen and oxygen atoms in total. The molecule has 0 bridgehead atoms. The monoisotopic (exact) mass is 317 g/mol. The summed E-state index contributed by atoms with van der Waals surface area (Å²) in [5.41, 5.74) is 3.53. The van der Waals surface area contributed by atoms with E-state index in [-0.39, 0.29) is 11.0 Å². The van der Waals surface area contributed by atoms with Crippen LogP contribution in [0.15, 0.2) is 22.3 Å². The molecule has 1 aliphatic rings. The van der Waals surface area contributed by atoms with E-state index in [1.54, 1.807) is 17.4 Å². The summed E-state index contributed by atoms with van der Waals surface area (Å²) >= 11 is 1.73. The maximum atomic E-state index is 11.4. The molecule has 0 fully saturated rings. The van der Waals surface area contributed by atoms with E-state index in [4.69, 9.17) is 4.98 Å². The molecule has 2 aromatic rings. The molecular formula is C17H23N3OS. The van der Waals surface area contributed by atoms with Gasteiger partial charge in [0.2, 0.25) is 5.56 Å². The number of H-pyrrole nitrogens is 1. The van der Waals surface area contributed by atoms with E-state index >= 15 is 0 Å². The molecule has 22 heavy (non-hydrogen) atoms. The van der Waals surface area contributed by atoms with Crippen LogP contribution in [0.25, 0.3) is 0 Å². The number of aromatic amines is 1. The zero-order valence-corrected chi connectivity index (χ0v) is 14.2. The Bertz CT molecular complexity index is 711. The van der Waals surface area contributed by atoms with Gasteiger partial charge in [-0.1, -0.05) is 26.8 Å². The van der Waals surface area contributed by atoms with Gasteiger partial charge in [-0.25, -0.2) is 4.98 Å². The molecule has 1 atom stereocenters. The molecule has 0 unspecified atom stereocenters. The Kier molecular flexibility index (Phi) is 4.19. The predicted octanol–water partition coefficient (Wildman–Crippen LogP) is 3.30. The Morgan fingerprint density at radius 2 is 2.23 bits per heavy atom. The summed E-state index contributed by atoms with van der Waals surface area (Å²) in [6, 6.07) is 3.90. The quantitative estimate of drug-likeness (QED) is 0.913. The number of aromatic nitrogens is 2. The fourth-order valence-corrected chi connectivity index (χ4v) is 3.78. The lowest BCUT2D eigenvalue weighted by molar-refractivity contribution is 0.450. The van der Waals surface area contributed by atoms with E-state index < -0.39 is 0 Å². The Balaban J connectivity index is 1.70. The number of nitrogens with one attached hydrogen (secondary N) is 2. The largest absolute Gasteiger partial charge is 0.326 e. The number of hydrogen-bond donors (Lipinski definition) is 2. The first kappa shape index (κ1) is 15.4. The summed E-state index contributed by atoms with van der Waals surface area (Å²) in [6.45, 7) is 7.35. The van der Waals surface area contributed by atoms with E-state index in [0.717, 1.165) is 37.2 Å². The topological polar surface area (TPSA) is 57.8 Å². The molecule has 2 N–H and O–H groups in total. The van der Waals surface area contributed by atoms with Crippen molar-refractivity contribution in [3.05, 3.63) is 49.8 Å². The average molecular weight is 317 g/mol. The maximum absolute atomic E-state index is 11.4. The minimum atomic E-state index is -0.00581. The Morgan fingerprint density at radius 1 is 1.41 bits per heavy atom. The molecule has 2 heterocycles. The highest BCUT2D eigenvalue weighted by molar-refractivity contribution is 7.09. The van der Waals surface area contributed by atoms with Gasteiger partial charge in [-0.3, -0.25) is 4.79 Å². The van der Waals surface area contributed by atoms with Crippen molar-refractivity contribution in [2.24, 2.45) is 0 Å². The molecule has 3 rings (SSSR count). The summed E-state index contributed by atoms with van der Waals surface area (Å²) in [6.07, 6.45) is 3.18. The highest BCUT2D eigenvalue weighted by Gasteiger charge is 2.21. The molecule has 0 aromatic carbocycles. The number of aryl methyl sites for hydroxylation is 1. The van der Waals surface area contributed by atoms with Gasteiger partial charge in [-0.2, -0.15) is 0 Å². The van der Waals surface area contributed by atoms with Crippen LogP contribution < -0.4 is 10.9 Å². The molecule has 0 saturated heterocycles. The van der Waals surface area contributed by atoms with Crippen LogP contribution in [-0.2, 0) is 18.4 Å². The van der Waals surface area contributed by atoms with Gasteiger partial charge in [0, 0.05) is 35.1 Å². The second-order valence-electron chi connectivity index (χ2n) is 6.98. The third kappa shape index (κ3) is 3.31. The van der Waals surface area contributed by atoms with E-state index in [9.17, 15) is 4.79 Å². The molecule has 1 aliphatic carbocycles. The van der Waals surface area contributed by atoms with Gasteiger partial charge in [0.25, 0.3) is 0 Å². The highest BCUT2D eigenvalue weighted by Crippen LogP contribution is 2.29. The smallest absolute Gasteiger partial charge is 0.248 e. The summed E-state index contributed by atoms with van der Waals surface area (Å²) in [5, 5.41) is 6.92. The van der Waals surface area contributed by atoms with Crippen molar-refractivity contribution in [2.75, 3.05) is 0 Å². The van der Waals surface area contributed by atoms with Gasteiger partial charge in [-0.05, 0) is 24.8 Å². The zero-order valence-electron chi connectivity index (χ0n) is 13.4. The van der Waals surface area contributed by atoms with Gasteiger partial charge in [-0.15, -0.1) is 11.3 Å². The first-order chi connectivity index (χ1) is 10.4. The summed E-state index contributed by atoms with van der Waals surface area (Å²) in [7, 11) is 0. The molecule has 0 amide bonds. The van der Waals surface area contributed by atoms with Crippen molar-refractivity contribution in [3.63, 3.8) is 0 Å². The maximum Gasteiger partial charge on any atom is 0.248 e. The summed E-state index contributed by atoms with van der Waals surface area (Å²) in [5.74, 6) is 0. The van der Waals surface area contributed by atoms with Crippen LogP contribution in [0.1, 0.15) is 61.6 Å². The van der Waals surface area contributed by atoms with Crippen LogP contribution in [-0.4, -0.2) is 9.97 Å². The molecule has 5 heteroatoms. The molecule has 0 aliphatic heterocycles. The van der Waals surface area contributed by atoms with Crippen molar-refractivity contribution in [1.82, 2.24) is 15.3 Å². The number of fused-ring (bicyclic) bond motifs is 1. The number of rotatable bonds is 3. The van der Waals surface area contributed by atoms with E-state index in [2.05, 4.69) is 36.5 Å². The van der Waals surface area contributed by atoms with Gasteiger partial charge >= 0.3 is 0 Å². The van der Waals surface area contributed by atoms with Crippen LogP contribution in [0, 0.1) is 0 Å². The molecule has 0 saturated carbocycles. The number of nitrogens with zero attached hydrogens (tertiary/aromatic N) is 1. The first-order valence-electron chi connectivity index (χ1n) is 7.84.